The number of halogens is 1. The van der Waals surface area contributed by atoms with Gasteiger partial charge in [-0.1, -0.05) is 18.2 Å². The van der Waals surface area contributed by atoms with E-state index in [4.69, 9.17) is 4.74 Å². The average Bonchev–Trinajstić information content (AvgIpc) is 2.64. The van der Waals surface area contributed by atoms with Crippen molar-refractivity contribution in [2.24, 2.45) is 0 Å². The van der Waals surface area contributed by atoms with Crippen LogP contribution in [0.4, 0.5) is 4.39 Å². The van der Waals surface area contributed by atoms with E-state index >= 15 is 0 Å². The monoisotopic (exact) mass is 357 g/mol. The van der Waals surface area contributed by atoms with Gasteiger partial charge in [0.05, 0.1) is 11.0 Å². The van der Waals surface area contributed by atoms with Gasteiger partial charge in [-0.15, -0.1) is 0 Å². The molecule has 8 heteroatoms. The molecule has 0 atom stereocenters. The molecule has 0 aliphatic heterocycles. The molecule has 0 saturated heterocycles. The molecule has 0 saturated carbocycles. The Kier molecular flexibility index (Phi) is 5.12. The van der Waals surface area contributed by atoms with Crippen molar-refractivity contribution < 1.29 is 13.9 Å². The Hall–Kier alpha value is -3.42. The lowest BCUT2D eigenvalue weighted by atomic mass is 10.3. The summed E-state index contributed by atoms with van der Waals surface area (Å²) in [5, 5.41) is 2.61. The highest BCUT2D eigenvalue weighted by molar-refractivity contribution is 5.77. The van der Waals surface area contributed by atoms with Crippen LogP contribution in [-0.2, 0) is 11.3 Å². The molecule has 134 valence electrons. The Morgan fingerprint density at radius 3 is 2.69 bits per heavy atom. The predicted molar refractivity (Wildman–Crippen MR) is 93.7 cm³/mol. The van der Waals surface area contributed by atoms with Crippen LogP contribution < -0.4 is 21.2 Å². The molecule has 0 spiro atoms. The summed E-state index contributed by atoms with van der Waals surface area (Å²) in [7, 11) is 0. The molecule has 0 unspecified atom stereocenters. The maximum absolute atomic E-state index is 13.3. The van der Waals surface area contributed by atoms with Gasteiger partial charge < -0.3 is 19.6 Å². The summed E-state index contributed by atoms with van der Waals surface area (Å²) in [4.78, 5) is 37.9. The van der Waals surface area contributed by atoms with Gasteiger partial charge in [0.15, 0.2) is 6.61 Å². The van der Waals surface area contributed by atoms with Crippen molar-refractivity contribution in [3.8, 4) is 5.75 Å². The molecular weight excluding hydrogens is 341 g/mol. The molecule has 26 heavy (non-hydrogen) atoms. The predicted octanol–water partition coefficient (Wildman–Crippen LogP) is 1.02. The maximum atomic E-state index is 13.3. The third-order valence-electron chi connectivity index (χ3n) is 3.71. The van der Waals surface area contributed by atoms with Crippen LogP contribution in [0.5, 0.6) is 5.75 Å². The maximum Gasteiger partial charge on any atom is 0.316 e. The zero-order valence-electron chi connectivity index (χ0n) is 13.7. The fraction of sp³-hybridized carbons (Fsp3) is 0.167. The van der Waals surface area contributed by atoms with Crippen LogP contribution in [0.15, 0.2) is 58.1 Å². The zero-order valence-corrected chi connectivity index (χ0v) is 13.7. The lowest BCUT2D eigenvalue weighted by molar-refractivity contribution is -0.123. The highest BCUT2D eigenvalue weighted by Gasteiger charge is 2.09. The third kappa shape index (κ3) is 3.97. The number of aromatic nitrogens is 2. The van der Waals surface area contributed by atoms with Crippen LogP contribution in [0.2, 0.25) is 0 Å². The van der Waals surface area contributed by atoms with Crippen molar-refractivity contribution in [2.45, 2.75) is 6.54 Å². The van der Waals surface area contributed by atoms with E-state index in [-0.39, 0.29) is 31.1 Å². The first-order valence-electron chi connectivity index (χ1n) is 7.91. The number of ether oxygens (including phenoxy) is 1. The van der Waals surface area contributed by atoms with Crippen molar-refractivity contribution in [2.75, 3.05) is 13.2 Å². The number of benzene rings is 2. The molecule has 0 fully saturated rings. The number of para-hydroxylation sites is 1. The zero-order chi connectivity index (χ0) is 18.5. The van der Waals surface area contributed by atoms with E-state index in [9.17, 15) is 18.8 Å². The van der Waals surface area contributed by atoms with Crippen LogP contribution in [0.3, 0.4) is 0 Å². The van der Waals surface area contributed by atoms with Gasteiger partial charge >= 0.3 is 11.1 Å². The largest absolute Gasteiger partial charge is 0.484 e. The number of hydrogen-bond donors (Lipinski definition) is 2. The molecule has 0 radical (unpaired) electrons. The molecular formula is C18H16FN3O4. The topological polar surface area (TPSA) is 93.2 Å². The van der Waals surface area contributed by atoms with Gasteiger partial charge in [-0.05, 0) is 30.3 Å². The van der Waals surface area contributed by atoms with E-state index in [1.54, 1.807) is 24.3 Å². The minimum Gasteiger partial charge on any atom is -0.484 e. The van der Waals surface area contributed by atoms with E-state index in [0.29, 0.717) is 11.3 Å². The number of amides is 1. The summed E-state index contributed by atoms with van der Waals surface area (Å²) in [6, 6.07) is 12.6. The standard InChI is InChI=1S/C18H16FN3O4/c19-12-6-7-15-14(10-12)21-17(24)18(25)22(15)9-8-20-16(23)11-26-13-4-2-1-3-5-13/h1-7,10H,8-9,11H2,(H,20,23)(H,21,24). The van der Waals surface area contributed by atoms with Crippen molar-refractivity contribution in [3.05, 3.63) is 75.1 Å². The number of carbonyl (C=O) groups is 1. The number of hydrogen-bond acceptors (Lipinski definition) is 4. The number of rotatable bonds is 6. The quantitative estimate of drug-likeness (QED) is 0.644. The molecule has 0 aliphatic carbocycles. The van der Waals surface area contributed by atoms with Crippen LogP contribution >= 0.6 is 0 Å². The third-order valence-corrected chi connectivity index (χ3v) is 3.71. The Labute approximate surface area is 147 Å². The van der Waals surface area contributed by atoms with Crippen molar-refractivity contribution in [1.29, 1.82) is 0 Å². The van der Waals surface area contributed by atoms with Gasteiger partial charge in [-0.3, -0.25) is 14.4 Å². The van der Waals surface area contributed by atoms with Gasteiger partial charge in [0.25, 0.3) is 5.91 Å². The minimum absolute atomic E-state index is 0.0714. The van der Waals surface area contributed by atoms with Crippen LogP contribution in [0.1, 0.15) is 0 Å². The van der Waals surface area contributed by atoms with Gasteiger partial charge in [0, 0.05) is 13.1 Å². The summed E-state index contributed by atoms with van der Waals surface area (Å²) < 4.78 is 19.8. The number of fused-ring (bicyclic) bond motifs is 1. The van der Waals surface area contributed by atoms with Crippen LogP contribution in [0.25, 0.3) is 11.0 Å². The van der Waals surface area contributed by atoms with Gasteiger partial charge in [0.2, 0.25) is 0 Å². The number of nitrogens with zero attached hydrogens (tertiary/aromatic N) is 1. The van der Waals surface area contributed by atoms with E-state index in [1.807, 2.05) is 6.07 Å². The minimum atomic E-state index is -0.846. The summed E-state index contributed by atoms with van der Waals surface area (Å²) in [5.74, 6) is -0.312. The molecule has 3 aromatic rings. The number of carbonyl (C=O) groups excluding carboxylic acids is 1. The fourth-order valence-electron chi connectivity index (χ4n) is 2.50. The lowest BCUT2D eigenvalue weighted by Crippen LogP contribution is -2.39. The number of H-pyrrole nitrogens is 1. The molecule has 1 amide bonds. The van der Waals surface area contributed by atoms with Crippen molar-refractivity contribution in [3.63, 3.8) is 0 Å². The molecule has 7 nitrogen and oxygen atoms in total. The Bertz CT molecular complexity index is 1040. The van der Waals surface area contributed by atoms with Crippen molar-refractivity contribution in [1.82, 2.24) is 14.9 Å². The average molecular weight is 357 g/mol. The normalized spacial score (nSPS) is 10.7. The van der Waals surface area contributed by atoms with Crippen LogP contribution in [0, 0.1) is 5.82 Å². The first-order chi connectivity index (χ1) is 12.5. The number of aromatic amines is 1. The summed E-state index contributed by atoms with van der Waals surface area (Å²) in [6.45, 7) is 0.0228. The molecule has 3 rings (SSSR count). The van der Waals surface area contributed by atoms with Gasteiger partial charge in [0.1, 0.15) is 11.6 Å². The number of nitrogens with one attached hydrogen (secondary N) is 2. The van der Waals surface area contributed by atoms with Crippen LogP contribution in [-0.4, -0.2) is 28.6 Å². The molecule has 1 heterocycles. The molecule has 0 bridgehead atoms. The second-order valence-corrected chi connectivity index (χ2v) is 5.52. The first-order valence-corrected chi connectivity index (χ1v) is 7.91. The highest BCUT2D eigenvalue weighted by atomic mass is 19.1. The molecule has 2 aromatic carbocycles. The summed E-state index contributed by atoms with van der Waals surface area (Å²) in [5.41, 5.74) is -1.01. The Morgan fingerprint density at radius 1 is 1.15 bits per heavy atom. The van der Waals surface area contributed by atoms with Crippen molar-refractivity contribution >= 4 is 16.9 Å². The summed E-state index contributed by atoms with van der Waals surface area (Å²) in [6.07, 6.45) is 0. The first kappa shape index (κ1) is 17.4. The van der Waals surface area contributed by atoms with E-state index in [0.717, 1.165) is 6.07 Å². The molecule has 1 aromatic heterocycles. The Balaban J connectivity index is 1.64. The second kappa shape index (κ2) is 7.64. The van der Waals surface area contributed by atoms with E-state index < -0.39 is 16.9 Å². The fourth-order valence-corrected chi connectivity index (χ4v) is 2.50. The van der Waals surface area contributed by atoms with E-state index in [2.05, 4.69) is 10.3 Å². The summed E-state index contributed by atoms with van der Waals surface area (Å²) >= 11 is 0. The lowest BCUT2D eigenvalue weighted by Gasteiger charge is -2.11. The molecule has 0 aliphatic rings. The SMILES string of the molecule is O=C(COc1ccccc1)NCCn1c(=O)c(=O)[nH]c2cc(F)ccc21. The smallest absolute Gasteiger partial charge is 0.316 e. The Morgan fingerprint density at radius 2 is 1.92 bits per heavy atom. The van der Waals surface area contributed by atoms with Gasteiger partial charge in [-0.2, -0.15) is 0 Å². The molecule has 2 N–H and O–H groups in total. The second-order valence-electron chi connectivity index (χ2n) is 5.52. The van der Waals surface area contributed by atoms with E-state index in [1.165, 1.54) is 16.7 Å². The van der Waals surface area contributed by atoms with Gasteiger partial charge in [-0.25, -0.2) is 4.39 Å². The highest BCUT2D eigenvalue weighted by Crippen LogP contribution is 2.10.